The molecule has 5 nitrogen and oxygen atoms in total. The zero-order valence-corrected chi connectivity index (χ0v) is 7.86. The number of benzene rings is 1. The number of nitro benzene ring substituents is 1. The summed E-state index contributed by atoms with van der Waals surface area (Å²) in [4.78, 5) is 9.85. The van der Waals surface area contributed by atoms with Crippen molar-refractivity contribution >= 4 is 17.3 Å². The first-order valence-corrected chi connectivity index (χ1v) is 4.29. The van der Waals surface area contributed by atoms with E-state index in [2.05, 4.69) is 0 Å². The minimum Gasteiger partial charge on any atom is -0.507 e. The standard InChI is InChI=1S/C8H8ClNO4/c9-3-5-1-7(10(13)14)2-6(4-11)8(5)12/h1-2,11-12H,3-4H2. The third-order valence-electron chi connectivity index (χ3n) is 1.78. The number of hydrogen-bond donors (Lipinski definition) is 2. The third-order valence-corrected chi connectivity index (χ3v) is 2.07. The lowest BCUT2D eigenvalue weighted by Crippen LogP contribution is -1.94. The summed E-state index contributed by atoms with van der Waals surface area (Å²) < 4.78 is 0. The molecule has 0 saturated heterocycles. The molecule has 0 atom stereocenters. The van der Waals surface area contributed by atoms with Crippen LogP contribution >= 0.6 is 11.6 Å². The predicted molar refractivity (Wildman–Crippen MR) is 50.2 cm³/mol. The molecule has 0 fully saturated rings. The lowest BCUT2D eigenvalue weighted by Gasteiger charge is -2.05. The number of aliphatic hydroxyl groups is 1. The zero-order valence-electron chi connectivity index (χ0n) is 7.11. The number of rotatable bonds is 3. The van der Waals surface area contributed by atoms with Crippen molar-refractivity contribution in [3.05, 3.63) is 33.4 Å². The molecular formula is C8H8ClNO4. The summed E-state index contributed by atoms with van der Waals surface area (Å²) in [7, 11) is 0. The Hall–Kier alpha value is -1.33. The Labute approximate surface area is 84.7 Å². The Balaban J connectivity index is 3.32. The molecule has 14 heavy (non-hydrogen) atoms. The van der Waals surface area contributed by atoms with Gasteiger partial charge in [0, 0.05) is 23.3 Å². The minimum absolute atomic E-state index is 0.0412. The quantitative estimate of drug-likeness (QED) is 0.457. The third kappa shape index (κ3) is 1.94. The van der Waals surface area contributed by atoms with Crippen LogP contribution in [0.25, 0.3) is 0 Å². The number of aliphatic hydroxyl groups excluding tert-OH is 1. The fourth-order valence-corrected chi connectivity index (χ4v) is 1.27. The van der Waals surface area contributed by atoms with Crippen molar-refractivity contribution < 1.29 is 15.1 Å². The highest BCUT2D eigenvalue weighted by Crippen LogP contribution is 2.29. The maximum Gasteiger partial charge on any atom is 0.270 e. The predicted octanol–water partition coefficient (Wildman–Crippen LogP) is 1.53. The van der Waals surface area contributed by atoms with E-state index in [0.29, 0.717) is 0 Å². The van der Waals surface area contributed by atoms with Crippen LogP contribution in [0.2, 0.25) is 0 Å². The van der Waals surface area contributed by atoms with Gasteiger partial charge in [-0.3, -0.25) is 10.1 Å². The molecule has 0 spiro atoms. The molecule has 76 valence electrons. The molecule has 0 radical (unpaired) electrons. The molecule has 0 aliphatic heterocycles. The van der Waals surface area contributed by atoms with Crippen molar-refractivity contribution in [1.29, 1.82) is 0 Å². The number of halogens is 1. The highest BCUT2D eigenvalue weighted by atomic mass is 35.5. The van der Waals surface area contributed by atoms with Crippen molar-refractivity contribution in [3.63, 3.8) is 0 Å². The number of nitro groups is 1. The van der Waals surface area contributed by atoms with Gasteiger partial charge in [-0.2, -0.15) is 0 Å². The summed E-state index contributed by atoms with van der Waals surface area (Å²) >= 11 is 5.47. The molecule has 1 aromatic rings. The lowest BCUT2D eigenvalue weighted by atomic mass is 10.1. The topological polar surface area (TPSA) is 83.6 Å². The van der Waals surface area contributed by atoms with Crippen molar-refractivity contribution in [3.8, 4) is 5.75 Å². The number of alkyl halides is 1. The van der Waals surface area contributed by atoms with Gasteiger partial charge < -0.3 is 10.2 Å². The average molecular weight is 218 g/mol. The van der Waals surface area contributed by atoms with Crippen molar-refractivity contribution in [2.24, 2.45) is 0 Å². The first kappa shape index (κ1) is 10.7. The van der Waals surface area contributed by atoms with Crippen LogP contribution in [0.1, 0.15) is 11.1 Å². The Morgan fingerprint density at radius 2 is 2.00 bits per heavy atom. The van der Waals surface area contributed by atoms with E-state index in [1.54, 1.807) is 0 Å². The molecule has 0 unspecified atom stereocenters. The van der Waals surface area contributed by atoms with Crippen LogP contribution in [-0.4, -0.2) is 15.1 Å². The van der Waals surface area contributed by atoms with E-state index < -0.39 is 11.5 Å². The van der Waals surface area contributed by atoms with E-state index in [9.17, 15) is 15.2 Å². The molecule has 1 aromatic carbocycles. The summed E-state index contributed by atoms with van der Waals surface area (Å²) in [5, 5.41) is 28.7. The smallest absolute Gasteiger partial charge is 0.270 e. The second-order valence-electron chi connectivity index (χ2n) is 2.66. The molecule has 0 amide bonds. The van der Waals surface area contributed by atoms with Crippen molar-refractivity contribution in [1.82, 2.24) is 0 Å². The lowest BCUT2D eigenvalue weighted by molar-refractivity contribution is -0.385. The van der Waals surface area contributed by atoms with Crippen LogP contribution in [-0.2, 0) is 12.5 Å². The Morgan fingerprint density at radius 3 is 2.43 bits per heavy atom. The molecule has 1 rings (SSSR count). The number of phenols is 1. The molecule has 0 aromatic heterocycles. The monoisotopic (exact) mass is 217 g/mol. The van der Waals surface area contributed by atoms with Crippen molar-refractivity contribution in [2.75, 3.05) is 0 Å². The second kappa shape index (κ2) is 4.26. The summed E-state index contributed by atoms with van der Waals surface area (Å²) in [6, 6.07) is 2.30. The van der Waals surface area contributed by atoms with Crippen LogP contribution in [0.3, 0.4) is 0 Å². The van der Waals surface area contributed by atoms with Crippen LogP contribution in [0.4, 0.5) is 5.69 Å². The zero-order chi connectivity index (χ0) is 10.7. The van der Waals surface area contributed by atoms with Gasteiger partial charge in [-0.25, -0.2) is 0 Å². The molecule has 0 heterocycles. The van der Waals surface area contributed by atoms with Gasteiger partial charge in [0.25, 0.3) is 5.69 Å². The molecule has 0 saturated carbocycles. The van der Waals surface area contributed by atoms with E-state index >= 15 is 0 Å². The normalized spacial score (nSPS) is 10.1. The largest absolute Gasteiger partial charge is 0.507 e. The number of hydrogen-bond acceptors (Lipinski definition) is 4. The Morgan fingerprint density at radius 1 is 1.43 bits per heavy atom. The Bertz CT molecular complexity index is 341. The van der Waals surface area contributed by atoms with E-state index in [4.69, 9.17) is 16.7 Å². The van der Waals surface area contributed by atoms with Gasteiger partial charge in [0.2, 0.25) is 0 Å². The number of non-ortho nitro benzene ring substituents is 1. The minimum atomic E-state index is -0.603. The maximum absolute atomic E-state index is 10.4. The van der Waals surface area contributed by atoms with Crippen molar-refractivity contribution in [2.45, 2.75) is 12.5 Å². The molecule has 6 heteroatoms. The molecule has 2 N–H and O–H groups in total. The summed E-state index contributed by atoms with van der Waals surface area (Å²) in [6.07, 6.45) is 0. The van der Waals surface area contributed by atoms with Gasteiger partial charge in [0.05, 0.1) is 17.4 Å². The summed E-state index contributed by atoms with van der Waals surface area (Å²) in [6.45, 7) is -0.461. The maximum atomic E-state index is 10.4. The molecule has 0 bridgehead atoms. The molecule has 0 aliphatic carbocycles. The number of aromatic hydroxyl groups is 1. The van der Waals surface area contributed by atoms with Gasteiger partial charge in [-0.05, 0) is 0 Å². The highest BCUT2D eigenvalue weighted by molar-refractivity contribution is 6.17. The highest BCUT2D eigenvalue weighted by Gasteiger charge is 2.14. The summed E-state index contributed by atoms with van der Waals surface area (Å²) in [5.74, 6) is -0.228. The van der Waals surface area contributed by atoms with E-state index in [1.165, 1.54) is 6.07 Å². The second-order valence-corrected chi connectivity index (χ2v) is 2.93. The van der Waals surface area contributed by atoms with Gasteiger partial charge in [0.15, 0.2) is 0 Å². The SMILES string of the molecule is O=[N+]([O-])c1cc(CO)c(O)c(CCl)c1. The van der Waals surface area contributed by atoms with Crippen LogP contribution in [0.15, 0.2) is 12.1 Å². The van der Waals surface area contributed by atoms with E-state index in [1.807, 2.05) is 0 Å². The van der Waals surface area contributed by atoms with Gasteiger partial charge in [0.1, 0.15) is 5.75 Å². The van der Waals surface area contributed by atoms with Crippen LogP contribution in [0, 0.1) is 10.1 Å². The first-order valence-electron chi connectivity index (χ1n) is 3.76. The fourth-order valence-electron chi connectivity index (χ4n) is 1.07. The fraction of sp³-hybridized carbons (Fsp3) is 0.250. The van der Waals surface area contributed by atoms with Gasteiger partial charge in [-0.1, -0.05) is 0 Å². The Kier molecular flexibility index (Phi) is 3.27. The van der Waals surface area contributed by atoms with Gasteiger partial charge >= 0.3 is 0 Å². The van der Waals surface area contributed by atoms with Crippen LogP contribution in [0.5, 0.6) is 5.75 Å². The van der Waals surface area contributed by atoms with E-state index in [0.717, 1.165) is 6.07 Å². The van der Waals surface area contributed by atoms with Crippen LogP contribution < -0.4 is 0 Å². The summed E-state index contributed by atoms with van der Waals surface area (Å²) in [5.41, 5.74) is 0.155. The van der Waals surface area contributed by atoms with E-state index in [-0.39, 0.29) is 28.4 Å². The molecule has 0 aliphatic rings. The molecular weight excluding hydrogens is 210 g/mol. The van der Waals surface area contributed by atoms with Gasteiger partial charge in [-0.15, -0.1) is 11.6 Å². The number of nitrogens with zero attached hydrogens (tertiary/aromatic N) is 1. The first-order chi connectivity index (χ1) is 6.60. The average Bonchev–Trinajstić information content (AvgIpc) is 2.17.